The Morgan fingerprint density at radius 3 is 2.31 bits per heavy atom. The Morgan fingerprint density at radius 2 is 1.81 bits per heavy atom. The van der Waals surface area contributed by atoms with Gasteiger partial charge in [0.05, 0.1) is 12.3 Å². The maximum Gasteiger partial charge on any atom is 0.136 e. The van der Waals surface area contributed by atoms with Crippen LogP contribution in [-0.4, -0.2) is 18.1 Å². The van der Waals surface area contributed by atoms with Gasteiger partial charge in [-0.3, -0.25) is 0 Å². The van der Waals surface area contributed by atoms with Gasteiger partial charge < -0.3 is 11.5 Å². The summed E-state index contributed by atoms with van der Waals surface area (Å²) >= 11 is 5.76. The minimum absolute atomic E-state index is 0. The summed E-state index contributed by atoms with van der Waals surface area (Å²) in [7, 11) is 0. The number of halogens is 2. The third-order valence-electron chi connectivity index (χ3n) is 1.80. The van der Waals surface area contributed by atoms with E-state index in [9.17, 15) is 0 Å². The second-order valence-corrected chi connectivity index (χ2v) is 3.42. The summed E-state index contributed by atoms with van der Waals surface area (Å²) in [6.45, 7) is 2.05. The third kappa shape index (κ3) is 4.61. The lowest BCUT2D eigenvalue weighted by molar-refractivity contribution is 1.16. The largest absolute Gasteiger partial charge is 0.385 e. The van der Waals surface area contributed by atoms with Gasteiger partial charge >= 0.3 is 0 Å². The van der Waals surface area contributed by atoms with Crippen LogP contribution in [0.1, 0.15) is 12.5 Å². The molecular weight excluding hydrogens is 247 g/mol. The highest BCUT2D eigenvalue weighted by molar-refractivity contribution is 6.30. The molecule has 0 atom stereocenters. The lowest BCUT2D eigenvalue weighted by atomic mass is 10.1. The average Bonchev–Trinajstić information content (AvgIpc) is 2.26. The molecule has 0 saturated carbocycles. The molecule has 0 bridgehead atoms. The van der Waals surface area contributed by atoms with Crippen molar-refractivity contribution >= 4 is 35.6 Å². The summed E-state index contributed by atoms with van der Waals surface area (Å²) in [6.07, 6.45) is 0. The van der Waals surface area contributed by atoms with Crippen LogP contribution in [0.5, 0.6) is 0 Å². The molecule has 0 unspecified atom stereocenters. The molecular formula is C10H14Cl2N4. The minimum Gasteiger partial charge on any atom is -0.385 e. The van der Waals surface area contributed by atoms with Crippen molar-refractivity contribution in [2.45, 2.75) is 6.92 Å². The molecule has 4 nitrogen and oxygen atoms in total. The van der Waals surface area contributed by atoms with Gasteiger partial charge in [0, 0.05) is 5.02 Å². The third-order valence-corrected chi connectivity index (χ3v) is 2.05. The monoisotopic (exact) mass is 260 g/mol. The van der Waals surface area contributed by atoms with Crippen LogP contribution in [-0.2, 0) is 0 Å². The predicted octanol–water partition coefficient (Wildman–Crippen LogP) is 1.80. The van der Waals surface area contributed by atoms with E-state index in [4.69, 9.17) is 23.1 Å². The Hall–Kier alpha value is -1.10. The van der Waals surface area contributed by atoms with Crippen LogP contribution in [0.25, 0.3) is 0 Å². The number of hydrogen-bond acceptors (Lipinski definition) is 3. The lowest BCUT2D eigenvalue weighted by Crippen LogP contribution is -2.22. The molecule has 1 rings (SSSR count). The van der Waals surface area contributed by atoms with Crippen molar-refractivity contribution in [2.24, 2.45) is 21.7 Å². The Kier molecular flexibility index (Phi) is 6.72. The predicted molar refractivity (Wildman–Crippen MR) is 71.6 cm³/mol. The molecule has 0 spiro atoms. The highest BCUT2D eigenvalue weighted by atomic mass is 35.5. The first-order chi connectivity index (χ1) is 7.13. The fourth-order valence-corrected chi connectivity index (χ4v) is 1.05. The van der Waals surface area contributed by atoms with Crippen molar-refractivity contribution in [3.05, 3.63) is 34.9 Å². The van der Waals surface area contributed by atoms with Crippen LogP contribution < -0.4 is 11.5 Å². The molecule has 0 amide bonds. The van der Waals surface area contributed by atoms with Crippen LogP contribution in [0, 0.1) is 0 Å². The van der Waals surface area contributed by atoms with E-state index in [1.807, 2.05) is 19.1 Å². The topological polar surface area (TPSA) is 76.8 Å². The first-order valence-corrected chi connectivity index (χ1v) is 4.84. The second-order valence-electron chi connectivity index (χ2n) is 2.99. The maximum atomic E-state index is 5.76. The van der Waals surface area contributed by atoms with E-state index in [0.29, 0.717) is 10.9 Å². The van der Waals surface area contributed by atoms with E-state index >= 15 is 0 Å². The van der Waals surface area contributed by atoms with Crippen molar-refractivity contribution in [3.63, 3.8) is 0 Å². The molecule has 1 aromatic rings. The Labute approximate surface area is 106 Å². The van der Waals surface area contributed by atoms with Gasteiger partial charge in [-0.05, 0) is 24.6 Å². The Bertz CT molecular complexity index is 384. The van der Waals surface area contributed by atoms with E-state index in [1.165, 1.54) is 0 Å². The molecule has 1 aromatic carbocycles. The summed E-state index contributed by atoms with van der Waals surface area (Å²) in [5.74, 6) is 0.309. The SMILES string of the molecule is C/C(=N\N=C(N)CN)c1ccc(Cl)cc1.Cl. The molecule has 6 heteroatoms. The first-order valence-electron chi connectivity index (χ1n) is 4.46. The van der Waals surface area contributed by atoms with E-state index in [1.54, 1.807) is 12.1 Å². The number of rotatable bonds is 3. The highest BCUT2D eigenvalue weighted by Crippen LogP contribution is 2.10. The van der Waals surface area contributed by atoms with Gasteiger partial charge in [0.25, 0.3) is 0 Å². The van der Waals surface area contributed by atoms with Crippen molar-refractivity contribution in [1.29, 1.82) is 0 Å². The van der Waals surface area contributed by atoms with Crippen LogP contribution in [0.3, 0.4) is 0 Å². The first kappa shape index (κ1) is 14.9. The quantitative estimate of drug-likeness (QED) is 0.494. The van der Waals surface area contributed by atoms with Crippen LogP contribution in [0.4, 0.5) is 0 Å². The van der Waals surface area contributed by atoms with Crippen LogP contribution in [0.15, 0.2) is 34.5 Å². The van der Waals surface area contributed by atoms with Gasteiger partial charge in [-0.2, -0.15) is 5.10 Å². The fraction of sp³-hybridized carbons (Fsp3) is 0.200. The minimum atomic E-state index is 0. The zero-order chi connectivity index (χ0) is 11.3. The molecule has 0 radical (unpaired) electrons. The van der Waals surface area contributed by atoms with E-state index < -0.39 is 0 Å². The number of benzene rings is 1. The molecule has 0 aliphatic heterocycles. The molecule has 0 aliphatic carbocycles. The van der Waals surface area contributed by atoms with Crippen LogP contribution in [0.2, 0.25) is 5.02 Å². The normalized spacial score (nSPS) is 12.2. The molecule has 0 heterocycles. The molecule has 0 fully saturated rings. The van der Waals surface area contributed by atoms with E-state index in [-0.39, 0.29) is 19.0 Å². The van der Waals surface area contributed by atoms with Gasteiger partial charge in [-0.1, -0.05) is 23.7 Å². The summed E-state index contributed by atoms with van der Waals surface area (Å²) in [5.41, 5.74) is 12.4. The van der Waals surface area contributed by atoms with Gasteiger partial charge in [-0.25, -0.2) is 0 Å². The van der Waals surface area contributed by atoms with E-state index in [0.717, 1.165) is 11.3 Å². The zero-order valence-electron chi connectivity index (χ0n) is 8.85. The van der Waals surface area contributed by atoms with Gasteiger partial charge in [-0.15, -0.1) is 17.5 Å². The maximum absolute atomic E-state index is 5.76. The summed E-state index contributed by atoms with van der Waals surface area (Å²) in [4.78, 5) is 0. The molecule has 16 heavy (non-hydrogen) atoms. The summed E-state index contributed by atoms with van der Waals surface area (Å²) in [6, 6.07) is 7.34. The van der Waals surface area contributed by atoms with Crippen molar-refractivity contribution in [2.75, 3.05) is 6.54 Å². The highest BCUT2D eigenvalue weighted by Gasteiger charge is 1.96. The van der Waals surface area contributed by atoms with Gasteiger partial charge in [0.15, 0.2) is 0 Å². The standard InChI is InChI=1S/C10H13ClN4.ClH/c1-7(14-15-10(13)6-12)8-2-4-9(11)5-3-8;/h2-5H,6,12H2,1H3,(H2,13,15);1H/b14-7+;. The molecule has 0 saturated heterocycles. The Morgan fingerprint density at radius 1 is 1.25 bits per heavy atom. The van der Waals surface area contributed by atoms with Gasteiger partial charge in [0.2, 0.25) is 0 Å². The number of nitrogens with two attached hydrogens (primary N) is 2. The van der Waals surface area contributed by atoms with Crippen LogP contribution >= 0.6 is 24.0 Å². The van der Waals surface area contributed by atoms with Crippen molar-refractivity contribution in [1.82, 2.24) is 0 Å². The summed E-state index contributed by atoms with van der Waals surface area (Å²) in [5, 5.41) is 8.41. The number of hydrogen-bond donors (Lipinski definition) is 2. The molecule has 88 valence electrons. The van der Waals surface area contributed by atoms with Gasteiger partial charge in [0.1, 0.15) is 5.84 Å². The summed E-state index contributed by atoms with van der Waals surface area (Å²) < 4.78 is 0. The number of amidine groups is 1. The molecule has 0 aromatic heterocycles. The molecule has 0 aliphatic rings. The van der Waals surface area contributed by atoms with Crippen molar-refractivity contribution < 1.29 is 0 Å². The zero-order valence-corrected chi connectivity index (χ0v) is 10.4. The fourth-order valence-electron chi connectivity index (χ4n) is 0.929. The second kappa shape index (κ2) is 7.22. The van der Waals surface area contributed by atoms with E-state index in [2.05, 4.69) is 10.2 Å². The van der Waals surface area contributed by atoms with Crippen molar-refractivity contribution in [3.8, 4) is 0 Å². The Balaban J connectivity index is 0.00000225. The lowest BCUT2D eigenvalue weighted by Gasteiger charge is -1.98. The average molecular weight is 261 g/mol. The smallest absolute Gasteiger partial charge is 0.136 e. The molecule has 4 N–H and O–H groups in total. The number of nitrogens with zero attached hydrogens (tertiary/aromatic N) is 2.